The Balaban J connectivity index is 1.59. The monoisotopic (exact) mass is 383 g/mol. The Morgan fingerprint density at radius 3 is 2.75 bits per heavy atom. The number of piperazine rings is 1. The maximum absolute atomic E-state index is 12.1. The Bertz CT molecular complexity index is 767. The van der Waals surface area contributed by atoms with Crippen molar-refractivity contribution in [2.24, 2.45) is 0 Å². The number of para-hydroxylation sites is 1. The second-order valence-corrected chi connectivity index (χ2v) is 7.01. The van der Waals surface area contributed by atoms with Crippen LogP contribution in [-0.2, 0) is 11.3 Å². The molecule has 0 spiro atoms. The molecule has 0 saturated carbocycles. The zero-order chi connectivity index (χ0) is 19.8. The van der Waals surface area contributed by atoms with Gasteiger partial charge in [0.1, 0.15) is 0 Å². The van der Waals surface area contributed by atoms with Crippen LogP contribution in [-0.4, -0.2) is 49.7 Å². The fourth-order valence-electron chi connectivity index (χ4n) is 3.31. The maximum atomic E-state index is 12.1. The van der Waals surface area contributed by atoms with Crippen molar-refractivity contribution in [2.75, 3.05) is 38.2 Å². The molecule has 1 atom stereocenters. The van der Waals surface area contributed by atoms with Crippen molar-refractivity contribution in [2.45, 2.75) is 26.4 Å². The smallest absolute Gasteiger partial charge is 0.262 e. The largest absolute Gasteiger partial charge is 0.490 e. The number of carbonyl (C=O) groups is 1. The SMILES string of the molecule is CCOc1cc(CN2CCN[C@@H](C)C2)ccc1OCC(=O)Nc1ccccc1. The van der Waals surface area contributed by atoms with Gasteiger partial charge in [0.25, 0.3) is 5.91 Å². The van der Waals surface area contributed by atoms with E-state index in [-0.39, 0.29) is 12.5 Å². The first-order valence-corrected chi connectivity index (χ1v) is 9.83. The van der Waals surface area contributed by atoms with Crippen LogP contribution < -0.4 is 20.1 Å². The van der Waals surface area contributed by atoms with Crippen molar-refractivity contribution >= 4 is 11.6 Å². The lowest BCUT2D eigenvalue weighted by Crippen LogP contribution is -2.48. The summed E-state index contributed by atoms with van der Waals surface area (Å²) in [7, 11) is 0. The quantitative estimate of drug-likeness (QED) is 0.734. The maximum Gasteiger partial charge on any atom is 0.262 e. The Morgan fingerprint density at radius 1 is 1.18 bits per heavy atom. The third-order valence-corrected chi connectivity index (χ3v) is 4.58. The van der Waals surface area contributed by atoms with Gasteiger partial charge in [-0.05, 0) is 43.7 Å². The fraction of sp³-hybridized carbons (Fsp3) is 0.409. The van der Waals surface area contributed by atoms with Crippen molar-refractivity contribution in [1.82, 2.24) is 10.2 Å². The van der Waals surface area contributed by atoms with Crippen LogP contribution in [0.25, 0.3) is 0 Å². The topological polar surface area (TPSA) is 62.8 Å². The molecule has 1 amide bonds. The van der Waals surface area contributed by atoms with Crippen LogP contribution in [0.3, 0.4) is 0 Å². The minimum atomic E-state index is -0.201. The summed E-state index contributed by atoms with van der Waals surface area (Å²) < 4.78 is 11.5. The second-order valence-electron chi connectivity index (χ2n) is 7.01. The van der Waals surface area contributed by atoms with E-state index in [2.05, 4.69) is 22.5 Å². The molecular formula is C22H29N3O3. The number of amides is 1. The van der Waals surface area contributed by atoms with Gasteiger partial charge in [-0.15, -0.1) is 0 Å². The summed E-state index contributed by atoms with van der Waals surface area (Å²) in [6, 6.07) is 15.8. The number of rotatable bonds is 8. The number of ether oxygens (including phenoxy) is 2. The molecule has 3 rings (SSSR count). The van der Waals surface area contributed by atoms with Crippen LogP contribution in [0.4, 0.5) is 5.69 Å². The van der Waals surface area contributed by atoms with E-state index in [4.69, 9.17) is 9.47 Å². The summed E-state index contributed by atoms with van der Waals surface area (Å²) >= 11 is 0. The highest BCUT2D eigenvalue weighted by molar-refractivity contribution is 5.91. The average Bonchev–Trinajstić information content (AvgIpc) is 2.68. The summed E-state index contributed by atoms with van der Waals surface area (Å²) in [4.78, 5) is 14.6. The summed E-state index contributed by atoms with van der Waals surface area (Å²) in [6.07, 6.45) is 0. The highest BCUT2D eigenvalue weighted by atomic mass is 16.5. The number of hydrogen-bond acceptors (Lipinski definition) is 5. The van der Waals surface area contributed by atoms with Gasteiger partial charge in [-0.25, -0.2) is 0 Å². The highest BCUT2D eigenvalue weighted by Gasteiger charge is 2.17. The van der Waals surface area contributed by atoms with Gasteiger partial charge in [-0.1, -0.05) is 24.3 Å². The van der Waals surface area contributed by atoms with E-state index in [1.165, 1.54) is 5.56 Å². The van der Waals surface area contributed by atoms with Crippen LogP contribution in [0.15, 0.2) is 48.5 Å². The Morgan fingerprint density at radius 2 is 2.00 bits per heavy atom. The summed E-state index contributed by atoms with van der Waals surface area (Å²) in [6.45, 7) is 8.57. The van der Waals surface area contributed by atoms with E-state index in [1.807, 2.05) is 55.5 Å². The first-order valence-electron chi connectivity index (χ1n) is 9.83. The molecule has 2 aromatic carbocycles. The summed E-state index contributed by atoms with van der Waals surface area (Å²) in [5, 5.41) is 6.27. The molecule has 1 saturated heterocycles. The number of nitrogens with one attached hydrogen (secondary N) is 2. The van der Waals surface area contributed by atoms with Gasteiger partial charge in [-0.3, -0.25) is 9.69 Å². The molecule has 1 aliphatic rings. The predicted octanol–water partition coefficient (Wildman–Crippen LogP) is 2.90. The molecule has 0 unspecified atom stereocenters. The molecule has 1 fully saturated rings. The van der Waals surface area contributed by atoms with Gasteiger partial charge in [0.05, 0.1) is 6.61 Å². The lowest BCUT2D eigenvalue weighted by atomic mass is 10.1. The first kappa shape index (κ1) is 20.2. The number of benzene rings is 2. The number of hydrogen-bond donors (Lipinski definition) is 2. The molecule has 6 nitrogen and oxygen atoms in total. The molecule has 0 radical (unpaired) electrons. The van der Waals surface area contributed by atoms with Crippen LogP contribution in [0.1, 0.15) is 19.4 Å². The molecular weight excluding hydrogens is 354 g/mol. The van der Waals surface area contributed by atoms with Crippen molar-refractivity contribution in [3.05, 3.63) is 54.1 Å². The van der Waals surface area contributed by atoms with Crippen LogP contribution >= 0.6 is 0 Å². The van der Waals surface area contributed by atoms with Crippen LogP contribution in [0.5, 0.6) is 11.5 Å². The zero-order valence-electron chi connectivity index (χ0n) is 16.6. The number of nitrogens with zero attached hydrogens (tertiary/aromatic N) is 1. The van der Waals surface area contributed by atoms with Gasteiger partial charge >= 0.3 is 0 Å². The zero-order valence-corrected chi connectivity index (χ0v) is 16.6. The lowest BCUT2D eigenvalue weighted by molar-refractivity contribution is -0.118. The van der Waals surface area contributed by atoms with E-state index < -0.39 is 0 Å². The molecule has 2 N–H and O–H groups in total. The third kappa shape index (κ3) is 5.97. The highest BCUT2D eigenvalue weighted by Crippen LogP contribution is 2.29. The van der Waals surface area contributed by atoms with E-state index >= 15 is 0 Å². The van der Waals surface area contributed by atoms with Gasteiger partial charge in [0.15, 0.2) is 18.1 Å². The minimum Gasteiger partial charge on any atom is -0.490 e. The van der Waals surface area contributed by atoms with E-state index in [0.717, 1.165) is 31.9 Å². The third-order valence-electron chi connectivity index (χ3n) is 4.58. The van der Waals surface area contributed by atoms with Gasteiger partial charge in [0.2, 0.25) is 0 Å². The average molecular weight is 383 g/mol. The molecule has 0 bridgehead atoms. The van der Waals surface area contributed by atoms with E-state index in [1.54, 1.807) is 0 Å². The van der Waals surface area contributed by atoms with Crippen molar-refractivity contribution in [3.63, 3.8) is 0 Å². The minimum absolute atomic E-state index is 0.0658. The predicted molar refractivity (Wildman–Crippen MR) is 111 cm³/mol. The molecule has 28 heavy (non-hydrogen) atoms. The molecule has 2 aromatic rings. The van der Waals surface area contributed by atoms with E-state index in [9.17, 15) is 4.79 Å². The molecule has 6 heteroatoms. The van der Waals surface area contributed by atoms with Crippen LogP contribution in [0, 0.1) is 0 Å². The molecule has 0 aromatic heterocycles. The normalized spacial score (nSPS) is 17.1. The van der Waals surface area contributed by atoms with Crippen molar-refractivity contribution in [1.29, 1.82) is 0 Å². The fourth-order valence-corrected chi connectivity index (χ4v) is 3.31. The molecule has 1 aliphatic heterocycles. The van der Waals surface area contributed by atoms with E-state index in [0.29, 0.717) is 24.1 Å². The second kappa shape index (κ2) is 10.1. The molecule has 150 valence electrons. The Kier molecular flexibility index (Phi) is 7.28. The molecule has 1 heterocycles. The first-order chi connectivity index (χ1) is 13.6. The Hall–Kier alpha value is -2.57. The Labute approximate surface area is 166 Å². The van der Waals surface area contributed by atoms with Crippen molar-refractivity contribution < 1.29 is 14.3 Å². The lowest BCUT2D eigenvalue weighted by Gasteiger charge is -2.31. The number of anilines is 1. The summed E-state index contributed by atoms with van der Waals surface area (Å²) in [5.74, 6) is 1.06. The summed E-state index contributed by atoms with van der Waals surface area (Å²) in [5.41, 5.74) is 1.93. The molecule has 0 aliphatic carbocycles. The van der Waals surface area contributed by atoms with Crippen LogP contribution in [0.2, 0.25) is 0 Å². The van der Waals surface area contributed by atoms with Gasteiger partial charge < -0.3 is 20.1 Å². The van der Waals surface area contributed by atoms with Gasteiger partial charge in [0, 0.05) is 37.9 Å². The van der Waals surface area contributed by atoms with Gasteiger partial charge in [-0.2, -0.15) is 0 Å². The number of carbonyl (C=O) groups excluding carboxylic acids is 1. The standard InChI is InChI=1S/C22H29N3O3/c1-3-27-21-13-18(15-25-12-11-23-17(2)14-25)9-10-20(21)28-16-22(26)24-19-7-5-4-6-8-19/h4-10,13,17,23H,3,11-12,14-16H2,1-2H3,(H,24,26)/t17-/m0/s1. The van der Waals surface area contributed by atoms with Crippen molar-refractivity contribution in [3.8, 4) is 11.5 Å².